The van der Waals surface area contributed by atoms with E-state index in [1.807, 2.05) is 18.2 Å². The van der Waals surface area contributed by atoms with Crippen LogP contribution in [-0.2, 0) is 6.42 Å². The Morgan fingerprint density at radius 1 is 1.33 bits per heavy atom. The van der Waals surface area contributed by atoms with Gasteiger partial charge in [0.15, 0.2) is 0 Å². The van der Waals surface area contributed by atoms with Crippen molar-refractivity contribution in [1.82, 2.24) is 5.32 Å². The van der Waals surface area contributed by atoms with E-state index in [0.29, 0.717) is 5.56 Å². The van der Waals surface area contributed by atoms with Crippen LogP contribution in [0.2, 0.25) is 0 Å². The molecular formula is C15H18FNO. The molecule has 0 amide bonds. The van der Waals surface area contributed by atoms with Crippen molar-refractivity contribution in [3.63, 3.8) is 0 Å². The molecule has 0 spiro atoms. The Kier molecular flexibility index (Phi) is 4.15. The second-order valence-electron chi connectivity index (χ2n) is 4.45. The molecule has 0 fully saturated rings. The highest BCUT2D eigenvalue weighted by atomic mass is 19.1. The predicted molar refractivity (Wildman–Crippen MR) is 70.0 cm³/mol. The number of rotatable bonds is 5. The summed E-state index contributed by atoms with van der Waals surface area (Å²) in [6, 6.07) is 7.43. The first-order chi connectivity index (χ1) is 8.70. The molecule has 1 atom stereocenters. The van der Waals surface area contributed by atoms with E-state index < -0.39 is 0 Å². The van der Waals surface area contributed by atoms with Crippen molar-refractivity contribution in [2.75, 3.05) is 6.54 Å². The van der Waals surface area contributed by atoms with Crippen molar-refractivity contribution in [3.8, 4) is 0 Å². The average Bonchev–Trinajstić information content (AvgIpc) is 2.85. The summed E-state index contributed by atoms with van der Waals surface area (Å²) in [5.74, 6) is -0.155. The van der Waals surface area contributed by atoms with Gasteiger partial charge >= 0.3 is 0 Å². The van der Waals surface area contributed by atoms with E-state index in [0.717, 1.165) is 24.1 Å². The van der Waals surface area contributed by atoms with E-state index in [2.05, 4.69) is 12.2 Å². The maximum Gasteiger partial charge on any atom is 0.126 e. The highest BCUT2D eigenvalue weighted by Crippen LogP contribution is 2.21. The van der Waals surface area contributed by atoms with Gasteiger partial charge in [-0.2, -0.15) is 0 Å². The Labute approximate surface area is 107 Å². The molecule has 0 aliphatic rings. The van der Waals surface area contributed by atoms with Crippen molar-refractivity contribution >= 4 is 0 Å². The summed E-state index contributed by atoms with van der Waals surface area (Å²) in [5, 5.41) is 3.42. The maximum atomic E-state index is 13.3. The van der Waals surface area contributed by atoms with Crippen LogP contribution in [0, 0.1) is 12.7 Å². The van der Waals surface area contributed by atoms with Gasteiger partial charge in [-0.05, 0) is 48.7 Å². The van der Waals surface area contributed by atoms with Crippen molar-refractivity contribution in [3.05, 3.63) is 59.3 Å². The lowest BCUT2D eigenvalue weighted by Crippen LogP contribution is -2.23. The Morgan fingerprint density at radius 3 is 2.78 bits per heavy atom. The van der Waals surface area contributed by atoms with Crippen LogP contribution in [0.5, 0.6) is 0 Å². The van der Waals surface area contributed by atoms with E-state index >= 15 is 0 Å². The minimum Gasteiger partial charge on any atom is -0.472 e. The zero-order valence-electron chi connectivity index (χ0n) is 10.7. The predicted octanol–water partition coefficient (Wildman–Crippen LogP) is 3.62. The normalized spacial score (nSPS) is 12.6. The van der Waals surface area contributed by atoms with Crippen molar-refractivity contribution in [2.45, 2.75) is 26.3 Å². The van der Waals surface area contributed by atoms with Gasteiger partial charge in [-0.25, -0.2) is 4.39 Å². The Hall–Kier alpha value is -1.61. The van der Waals surface area contributed by atoms with Crippen LogP contribution < -0.4 is 5.32 Å². The fourth-order valence-corrected chi connectivity index (χ4v) is 2.08. The minimum atomic E-state index is -0.155. The monoisotopic (exact) mass is 247 g/mol. The van der Waals surface area contributed by atoms with Crippen LogP contribution in [-0.4, -0.2) is 6.54 Å². The second-order valence-corrected chi connectivity index (χ2v) is 4.45. The Morgan fingerprint density at radius 2 is 2.17 bits per heavy atom. The lowest BCUT2D eigenvalue weighted by atomic mass is 9.98. The molecule has 18 heavy (non-hydrogen) atoms. The minimum absolute atomic E-state index is 0.155. The molecule has 2 nitrogen and oxygen atoms in total. The van der Waals surface area contributed by atoms with Crippen molar-refractivity contribution in [1.29, 1.82) is 0 Å². The molecule has 2 aromatic rings. The number of nitrogens with one attached hydrogen (secondary N) is 1. The summed E-state index contributed by atoms with van der Waals surface area (Å²) in [6.07, 6.45) is 4.27. The molecule has 2 rings (SSSR count). The number of hydrogen-bond acceptors (Lipinski definition) is 2. The third-order valence-corrected chi connectivity index (χ3v) is 3.05. The lowest BCUT2D eigenvalue weighted by molar-refractivity contribution is 0.533. The fraction of sp³-hybridized carbons (Fsp3) is 0.333. The van der Waals surface area contributed by atoms with E-state index in [1.165, 1.54) is 6.07 Å². The summed E-state index contributed by atoms with van der Waals surface area (Å²) < 4.78 is 18.4. The van der Waals surface area contributed by atoms with Gasteiger partial charge in [0.2, 0.25) is 0 Å². The molecule has 0 bridgehead atoms. The van der Waals surface area contributed by atoms with Gasteiger partial charge in [0.1, 0.15) is 5.82 Å². The van der Waals surface area contributed by atoms with Crippen LogP contribution in [0.4, 0.5) is 4.39 Å². The number of likely N-dealkylation sites (N-methyl/N-ethyl adjacent to an activating group) is 1. The zero-order chi connectivity index (χ0) is 13.0. The first-order valence-corrected chi connectivity index (χ1v) is 6.21. The number of aryl methyl sites for hydroxylation is 1. The van der Waals surface area contributed by atoms with Crippen molar-refractivity contribution in [2.24, 2.45) is 0 Å². The third-order valence-electron chi connectivity index (χ3n) is 3.05. The van der Waals surface area contributed by atoms with E-state index in [-0.39, 0.29) is 11.9 Å². The maximum absolute atomic E-state index is 13.3. The largest absolute Gasteiger partial charge is 0.472 e. The summed E-state index contributed by atoms with van der Waals surface area (Å²) in [7, 11) is 0. The standard InChI is InChI=1S/C15H18FNO/c1-3-17-15(9-12-6-7-18-10-12)13-4-5-14(16)11(2)8-13/h4-8,10,15,17H,3,9H2,1-2H3. The number of furan rings is 1. The molecule has 0 saturated heterocycles. The van der Waals surface area contributed by atoms with Gasteiger partial charge in [-0.15, -0.1) is 0 Å². The van der Waals surface area contributed by atoms with E-state index in [9.17, 15) is 4.39 Å². The van der Waals surface area contributed by atoms with E-state index in [1.54, 1.807) is 19.5 Å². The quantitative estimate of drug-likeness (QED) is 0.873. The molecule has 96 valence electrons. The molecule has 1 aromatic heterocycles. The highest BCUT2D eigenvalue weighted by Gasteiger charge is 2.13. The first-order valence-electron chi connectivity index (χ1n) is 6.21. The third kappa shape index (κ3) is 2.99. The molecule has 1 unspecified atom stereocenters. The van der Waals surface area contributed by atoms with Gasteiger partial charge in [0, 0.05) is 6.04 Å². The van der Waals surface area contributed by atoms with Gasteiger partial charge in [-0.3, -0.25) is 0 Å². The molecule has 1 heterocycles. The molecule has 1 aromatic carbocycles. The van der Waals surface area contributed by atoms with Crippen LogP contribution in [0.3, 0.4) is 0 Å². The Balaban J connectivity index is 2.20. The van der Waals surface area contributed by atoms with Gasteiger partial charge in [0.25, 0.3) is 0 Å². The van der Waals surface area contributed by atoms with Gasteiger partial charge < -0.3 is 9.73 Å². The summed E-state index contributed by atoms with van der Waals surface area (Å²) >= 11 is 0. The summed E-state index contributed by atoms with van der Waals surface area (Å²) in [4.78, 5) is 0. The molecule has 0 aliphatic heterocycles. The zero-order valence-corrected chi connectivity index (χ0v) is 10.7. The molecule has 1 N–H and O–H groups in total. The molecule has 0 radical (unpaired) electrons. The topological polar surface area (TPSA) is 25.2 Å². The van der Waals surface area contributed by atoms with E-state index in [4.69, 9.17) is 4.42 Å². The van der Waals surface area contributed by atoms with Crippen LogP contribution in [0.25, 0.3) is 0 Å². The fourth-order valence-electron chi connectivity index (χ4n) is 2.08. The second kappa shape index (κ2) is 5.83. The van der Waals surface area contributed by atoms with Gasteiger partial charge in [-0.1, -0.05) is 19.1 Å². The number of benzene rings is 1. The summed E-state index contributed by atoms with van der Waals surface area (Å²) in [5.41, 5.74) is 2.93. The smallest absolute Gasteiger partial charge is 0.126 e. The van der Waals surface area contributed by atoms with Crippen LogP contribution >= 0.6 is 0 Å². The molecular weight excluding hydrogens is 229 g/mol. The van der Waals surface area contributed by atoms with Crippen LogP contribution in [0.1, 0.15) is 29.7 Å². The number of halogens is 1. The van der Waals surface area contributed by atoms with Crippen LogP contribution in [0.15, 0.2) is 41.2 Å². The SMILES string of the molecule is CCNC(Cc1ccoc1)c1ccc(F)c(C)c1. The molecule has 3 heteroatoms. The number of hydrogen-bond donors (Lipinski definition) is 1. The summed E-state index contributed by atoms with van der Waals surface area (Å²) in [6.45, 7) is 4.73. The molecule has 0 saturated carbocycles. The van der Waals surface area contributed by atoms with Gasteiger partial charge in [0.05, 0.1) is 12.5 Å². The van der Waals surface area contributed by atoms with Crippen molar-refractivity contribution < 1.29 is 8.81 Å². The first kappa shape index (κ1) is 12.8. The molecule has 0 aliphatic carbocycles. The lowest BCUT2D eigenvalue weighted by Gasteiger charge is -2.18. The Bertz CT molecular complexity index is 493. The highest BCUT2D eigenvalue weighted by molar-refractivity contribution is 5.28. The average molecular weight is 247 g/mol.